The fourth-order valence-corrected chi connectivity index (χ4v) is 1.99. The van der Waals surface area contributed by atoms with Gasteiger partial charge in [-0.05, 0) is 38.5 Å². The van der Waals surface area contributed by atoms with Gasteiger partial charge in [0.25, 0.3) is 0 Å². The number of rotatable bonds is 6. The molecule has 114 valence electrons. The molecule has 0 aromatic heterocycles. The van der Waals surface area contributed by atoms with E-state index in [0.717, 1.165) is 32.1 Å². The molecule has 0 aliphatic rings. The first-order valence-electron chi connectivity index (χ1n) is 6.97. The maximum atomic E-state index is 4.16. The Hall–Kier alpha value is -0.980. The molecule has 0 saturated carbocycles. The lowest BCUT2D eigenvalue weighted by Gasteiger charge is -2.24. The van der Waals surface area contributed by atoms with E-state index in [0.29, 0.717) is 0 Å². The number of halogens is 1. The maximum Gasteiger partial charge on any atom is 0.191 e. The number of likely N-dealkylation sites (N-methyl/N-ethyl adjacent to an activating group) is 1. The summed E-state index contributed by atoms with van der Waals surface area (Å²) < 4.78 is 0. The molecule has 2 N–H and O–H groups in total. The number of nitrogens with one attached hydrogen (secondary N) is 2. The van der Waals surface area contributed by atoms with E-state index in [-0.39, 0.29) is 24.0 Å². The van der Waals surface area contributed by atoms with Crippen molar-refractivity contribution in [3.05, 3.63) is 29.8 Å². The maximum absolute atomic E-state index is 4.16. The third-order valence-electron chi connectivity index (χ3n) is 2.99. The second-order valence-corrected chi connectivity index (χ2v) is 4.45. The molecular weight excluding hydrogens is 363 g/mol. The highest BCUT2D eigenvalue weighted by Gasteiger charge is 2.04. The third-order valence-corrected chi connectivity index (χ3v) is 2.99. The number of anilines is 1. The van der Waals surface area contributed by atoms with E-state index in [2.05, 4.69) is 65.6 Å². The molecule has 1 aromatic rings. The smallest absolute Gasteiger partial charge is 0.191 e. The first-order valence-corrected chi connectivity index (χ1v) is 6.97. The standard InChI is InChI=1S/C15H26N4.HI/c1-5-17-15(16-4)18-10-11-19(6-2)14-9-7-8-13(3)12-14;/h7-9,12H,5-6,10-11H2,1-4H3,(H2,16,17,18);1H. The van der Waals surface area contributed by atoms with Gasteiger partial charge in [0.15, 0.2) is 5.96 Å². The monoisotopic (exact) mass is 390 g/mol. The molecule has 5 heteroatoms. The van der Waals surface area contributed by atoms with Crippen molar-refractivity contribution in [1.82, 2.24) is 10.6 Å². The molecule has 1 aromatic carbocycles. The summed E-state index contributed by atoms with van der Waals surface area (Å²) in [5.74, 6) is 0.864. The topological polar surface area (TPSA) is 39.7 Å². The van der Waals surface area contributed by atoms with E-state index in [1.165, 1.54) is 11.3 Å². The van der Waals surface area contributed by atoms with Crippen LogP contribution < -0.4 is 15.5 Å². The van der Waals surface area contributed by atoms with E-state index >= 15 is 0 Å². The number of aliphatic imine (C=N–C) groups is 1. The fourth-order valence-electron chi connectivity index (χ4n) is 1.99. The molecule has 0 radical (unpaired) electrons. The summed E-state index contributed by atoms with van der Waals surface area (Å²) in [6.45, 7) is 10.1. The Morgan fingerprint density at radius 1 is 1.25 bits per heavy atom. The van der Waals surface area contributed by atoms with Crippen LogP contribution in [0.25, 0.3) is 0 Å². The average Bonchev–Trinajstić information content (AvgIpc) is 2.42. The van der Waals surface area contributed by atoms with Gasteiger partial charge in [-0.15, -0.1) is 24.0 Å². The number of guanidine groups is 1. The molecule has 0 spiro atoms. The Bertz CT molecular complexity index is 407. The quantitative estimate of drug-likeness (QED) is 0.446. The van der Waals surface area contributed by atoms with Crippen molar-refractivity contribution in [2.45, 2.75) is 20.8 Å². The Morgan fingerprint density at radius 2 is 2.00 bits per heavy atom. The minimum absolute atomic E-state index is 0. The van der Waals surface area contributed by atoms with Gasteiger partial charge in [0.05, 0.1) is 0 Å². The molecule has 0 aliphatic heterocycles. The summed E-state index contributed by atoms with van der Waals surface area (Å²) in [6, 6.07) is 8.62. The second kappa shape index (κ2) is 10.8. The summed E-state index contributed by atoms with van der Waals surface area (Å²) in [4.78, 5) is 6.52. The van der Waals surface area contributed by atoms with Gasteiger partial charge >= 0.3 is 0 Å². The predicted octanol–water partition coefficient (Wildman–Crippen LogP) is 2.62. The predicted molar refractivity (Wildman–Crippen MR) is 99.5 cm³/mol. The summed E-state index contributed by atoms with van der Waals surface area (Å²) in [5.41, 5.74) is 2.58. The van der Waals surface area contributed by atoms with Crippen molar-refractivity contribution in [2.24, 2.45) is 4.99 Å². The minimum atomic E-state index is 0. The van der Waals surface area contributed by atoms with Gasteiger partial charge in [-0.2, -0.15) is 0 Å². The number of nitrogens with zero attached hydrogens (tertiary/aromatic N) is 2. The van der Waals surface area contributed by atoms with Crippen LogP contribution in [0.3, 0.4) is 0 Å². The number of hydrogen-bond donors (Lipinski definition) is 2. The number of aryl methyl sites for hydroxylation is 1. The molecule has 0 heterocycles. The van der Waals surface area contributed by atoms with Crippen molar-refractivity contribution in [2.75, 3.05) is 38.1 Å². The Kier molecular flexibility index (Phi) is 10.2. The van der Waals surface area contributed by atoms with Gasteiger partial charge in [0, 0.05) is 38.9 Å². The van der Waals surface area contributed by atoms with Crippen LogP contribution in [0.15, 0.2) is 29.3 Å². The van der Waals surface area contributed by atoms with Crippen LogP contribution in [0.4, 0.5) is 5.69 Å². The van der Waals surface area contributed by atoms with Crippen LogP contribution in [0, 0.1) is 6.92 Å². The van der Waals surface area contributed by atoms with Crippen LogP contribution in [0.1, 0.15) is 19.4 Å². The zero-order valence-corrected chi connectivity index (χ0v) is 15.3. The molecule has 4 nitrogen and oxygen atoms in total. The van der Waals surface area contributed by atoms with Crippen molar-refractivity contribution in [3.8, 4) is 0 Å². The Morgan fingerprint density at radius 3 is 2.55 bits per heavy atom. The summed E-state index contributed by atoms with van der Waals surface area (Å²) in [7, 11) is 1.79. The van der Waals surface area contributed by atoms with Crippen molar-refractivity contribution in [1.29, 1.82) is 0 Å². The van der Waals surface area contributed by atoms with Gasteiger partial charge in [-0.25, -0.2) is 0 Å². The van der Waals surface area contributed by atoms with Gasteiger partial charge < -0.3 is 15.5 Å². The molecule has 0 fully saturated rings. The van der Waals surface area contributed by atoms with Crippen molar-refractivity contribution >= 4 is 35.6 Å². The molecule has 20 heavy (non-hydrogen) atoms. The second-order valence-electron chi connectivity index (χ2n) is 4.45. The first-order chi connectivity index (χ1) is 9.21. The molecule has 0 aliphatic carbocycles. The number of benzene rings is 1. The van der Waals surface area contributed by atoms with Crippen LogP contribution in [-0.4, -0.2) is 39.2 Å². The molecule has 0 unspecified atom stereocenters. The first kappa shape index (κ1) is 19.0. The molecule has 0 atom stereocenters. The lowest BCUT2D eigenvalue weighted by molar-refractivity contribution is 0.755. The molecule has 0 saturated heterocycles. The third kappa shape index (κ3) is 6.45. The van der Waals surface area contributed by atoms with E-state index in [9.17, 15) is 0 Å². The van der Waals surface area contributed by atoms with E-state index in [1.54, 1.807) is 7.05 Å². The highest BCUT2D eigenvalue weighted by atomic mass is 127. The van der Waals surface area contributed by atoms with E-state index in [4.69, 9.17) is 0 Å². The highest BCUT2D eigenvalue weighted by Crippen LogP contribution is 2.14. The molecule has 1 rings (SSSR count). The SMILES string of the molecule is CCNC(=NC)NCCN(CC)c1cccc(C)c1.I. The lowest BCUT2D eigenvalue weighted by atomic mass is 10.2. The fraction of sp³-hybridized carbons (Fsp3) is 0.533. The zero-order valence-electron chi connectivity index (χ0n) is 12.9. The lowest BCUT2D eigenvalue weighted by Crippen LogP contribution is -2.41. The normalized spacial score (nSPS) is 10.7. The van der Waals surface area contributed by atoms with Crippen LogP contribution in [0.5, 0.6) is 0 Å². The average molecular weight is 390 g/mol. The van der Waals surface area contributed by atoms with E-state index < -0.39 is 0 Å². The van der Waals surface area contributed by atoms with Gasteiger partial charge in [-0.1, -0.05) is 12.1 Å². The summed E-state index contributed by atoms with van der Waals surface area (Å²) in [5, 5.41) is 6.51. The minimum Gasteiger partial charge on any atom is -0.370 e. The zero-order chi connectivity index (χ0) is 14.1. The molecule has 0 bridgehead atoms. The number of hydrogen-bond acceptors (Lipinski definition) is 2. The largest absolute Gasteiger partial charge is 0.370 e. The summed E-state index contributed by atoms with van der Waals surface area (Å²) >= 11 is 0. The molecular formula is C15H27IN4. The van der Waals surface area contributed by atoms with Gasteiger partial charge in [0.2, 0.25) is 0 Å². The van der Waals surface area contributed by atoms with Crippen LogP contribution >= 0.6 is 24.0 Å². The summed E-state index contributed by atoms with van der Waals surface area (Å²) in [6.07, 6.45) is 0. The van der Waals surface area contributed by atoms with Gasteiger partial charge in [0.1, 0.15) is 0 Å². The van der Waals surface area contributed by atoms with E-state index in [1.807, 2.05) is 0 Å². The van der Waals surface area contributed by atoms with Crippen molar-refractivity contribution < 1.29 is 0 Å². The highest BCUT2D eigenvalue weighted by molar-refractivity contribution is 14.0. The Balaban J connectivity index is 0.00000361. The van der Waals surface area contributed by atoms with Crippen LogP contribution in [0.2, 0.25) is 0 Å². The van der Waals surface area contributed by atoms with Gasteiger partial charge in [-0.3, -0.25) is 4.99 Å². The van der Waals surface area contributed by atoms with Crippen LogP contribution in [-0.2, 0) is 0 Å². The Labute approximate surface area is 140 Å². The molecule has 0 amide bonds. The van der Waals surface area contributed by atoms with Crippen molar-refractivity contribution in [3.63, 3.8) is 0 Å².